The Morgan fingerprint density at radius 3 is 2.82 bits per heavy atom. The lowest BCUT2D eigenvalue weighted by Crippen LogP contribution is -2.51. The van der Waals surface area contributed by atoms with E-state index in [1.165, 1.54) is 12.1 Å². The molecule has 0 spiro atoms. The van der Waals surface area contributed by atoms with E-state index in [0.29, 0.717) is 0 Å². The molecule has 1 fully saturated rings. The molecule has 124 valence electrons. The molecule has 4 nitrogen and oxygen atoms in total. The first kappa shape index (κ1) is 18.7. The Bertz CT molecular complexity index is 510. The van der Waals surface area contributed by atoms with E-state index in [4.69, 9.17) is 0 Å². The standard InChI is InChI=1S/C14H18F3N3O.ClH/c1-10-8-18-5-6-20(10)9-13(21)19-12-4-2-3-11(7-12)14(15,16)17;/h2-4,7,10,18H,5-6,8-9H2,1H3,(H,19,21);1H/t10-;/m0./s1. The van der Waals surface area contributed by atoms with E-state index < -0.39 is 11.7 Å². The molecule has 1 aromatic rings. The molecule has 0 unspecified atom stereocenters. The van der Waals surface area contributed by atoms with Gasteiger partial charge in [0.05, 0.1) is 12.1 Å². The lowest BCUT2D eigenvalue weighted by Gasteiger charge is -2.33. The van der Waals surface area contributed by atoms with Gasteiger partial charge in [0.1, 0.15) is 0 Å². The summed E-state index contributed by atoms with van der Waals surface area (Å²) in [6.07, 6.45) is -4.41. The van der Waals surface area contributed by atoms with Crippen molar-refractivity contribution in [3.05, 3.63) is 29.8 Å². The minimum atomic E-state index is -4.41. The first-order valence-electron chi connectivity index (χ1n) is 6.78. The molecule has 0 saturated carbocycles. The Morgan fingerprint density at radius 2 is 2.18 bits per heavy atom. The third-order valence-electron chi connectivity index (χ3n) is 3.46. The van der Waals surface area contributed by atoms with Gasteiger partial charge < -0.3 is 10.6 Å². The maximum atomic E-state index is 12.6. The topological polar surface area (TPSA) is 44.4 Å². The Labute approximate surface area is 133 Å². The Hall–Kier alpha value is -1.31. The number of benzene rings is 1. The van der Waals surface area contributed by atoms with Crippen molar-refractivity contribution in [1.82, 2.24) is 10.2 Å². The van der Waals surface area contributed by atoms with Crippen molar-refractivity contribution >= 4 is 24.0 Å². The van der Waals surface area contributed by atoms with Gasteiger partial charge >= 0.3 is 6.18 Å². The summed E-state index contributed by atoms with van der Waals surface area (Å²) < 4.78 is 37.8. The predicted octanol–water partition coefficient (Wildman–Crippen LogP) is 2.36. The number of halogens is 4. The molecular weight excluding hydrogens is 319 g/mol. The van der Waals surface area contributed by atoms with Gasteiger partial charge in [-0.05, 0) is 25.1 Å². The minimum absolute atomic E-state index is 0. The van der Waals surface area contributed by atoms with Gasteiger partial charge in [-0.15, -0.1) is 12.4 Å². The molecule has 0 aromatic heterocycles. The number of hydrogen-bond donors (Lipinski definition) is 2. The summed E-state index contributed by atoms with van der Waals surface area (Å²) in [6, 6.07) is 4.89. The first-order valence-corrected chi connectivity index (χ1v) is 6.78. The van der Waals surface area contributed by atoms with Crippen LogP contribution in [0.4, 0.5) is 18.9 Å². The number of nitrogens with zero attached hydrogens (tertiary/aromatic N) is 1. The Balaban J connectivity index is 0.00000242. The summed E-state index contributed by atoms with van der Waals surface area (Å²) in [5.41, 5.74) is -0.603. The number of carbonyl (C=O) groups is 1. The number of piperazine rings is 1. The van der Waals surface area contributed by atoms with E-state index in [9.17, 15) is 18.0 Å². The summed E-state index contributed by atoms with van der Waals surface area (Å²) in [6.45, 7) is 4.54. The van der Waals surface area contributed by atoms with Gasteiger partial charge in [-0.1, -0.05) is 6.07 Å². The van der Waals surface area contributed by atoms with Gasteiger partial charge in [0, 0.05) is 31.4 Å². The Morgan fingerprint density at radius 1 is 1.45 bits per heavy atom. The molecule has 2 rings (SSSR count). The van der Waals surface area contributed by atoms with Crippen LogP contribution in [0.2, 0.25) is 0 Å². The fourth-order valence-corrected chi connectivity index (χ4v) is 2.28. The quantitative estimate of drug-likeness (QED) is 0.890. The molecule has 0 bridgehead atoms. The molecule has 1 aliphatic rings. The van der Waals surface area contributed by atoms with Crippen LogP contribution in [0.5, 0.6) is 0 Å². The molecule has 8 heteroatoms. The average molecular weight is 338 g/mol. The number of amides is 1. The normalized spacial score (nSPS) is 19.4. The van der Waals surface area contributed by atoms with E-state index in [1.807, 2.05) is 11.8 Å². The molecule has 0 aliphatic carbocycles. The SMILES string of the molecule is C[C@H]1CNCCN1CC(=O)Nc1cccc(C(F)(F)F)c1.Cl. The second-order valence-electron chi connectivity index (χ2n) is 5.15. The molecular formula is C14H19ClF3N3O. The zero-order chi connectivity index (χ0) is 15.5. The van der Waals surface area contributed by atoms with Crippen LogP contribution in [0.15, 0.2) is 24.3 Å². The predicted molar refractivity (Wildman–Crippen MR) is 81.2 cm³/mol. The highest BCUT2D eigenvalue weighted by molar-refractivity contribution is 5.92. The zero-order valence-electron chi connectivity index (χ0n) is 12.1. The highest BCUT2D eigenvalue weighted by Crippen LogP contribution is 2.30. The molecule has 1 aromatic carbocycles. The molecule has 1 atom stereocenters. The van der Waals surface area contributed by atoms with Crippen molar-refractivity contribution < 1.29 is 18.0 Å². The lowest BCUT2D eigenvalue weighted by molar-refractivity contribution is -0.137. The number of anilines is 1. The number of rotatable bonds is 3. The monoisotopic (exact) mass is 337 g/mol. The second-order valence-corrected chi connectivity index (χ2v) is 5.15. The van der Waals surface area contributed by atoms with Crippen LogP contribution in [-0.2, 0) is 11.0 Å². The molecule has 1 aliphatic heterocycles. The van der Waals surface area contributed by atoms with E-state index in [1.54, 1.807) is 0 Å². The van der Waals surface area contributed by atoms with Crippen LogP contribution in [-0.4, -0.2) is 43.0 Å². The molecule has 2 N–H and O–H groups in total. The smallest absolute Gasteiger partial charge is 0.325 e. The van der Waals surface area contributed by atoms with E-state index in [2.05, 4.69) is 10.6 Å². The first-order chi connectivity index (χ1) is 9.86. The number of nitrogens with one attached hydrogen (secondary N) is 2. The minimum Gasteiger partial charge on any atom is -0.325 e. The largest absolute Gasteiger partial charge is 0.416 e. The number of alkyl halides is 3. The van der Waals surface area contributed by atoms with Crippen molar-refractivity contribution in [1.29, 1.82) is 0 Å². The van der Waals surface area contributed by atoms with E-state index >= 15 is 0 Å². The average Bonchev–Trinajstić information content (AvgIpc) is 2.41. The van der Waals surface area contributed by atoms with Gasteiger partial charge in [-0.25, -0.2) is 0 Å². The molecule has 1 heterocycles. The maximum Gasteiger partial charge on any atom is 0.416 e. The highest BCUT2D eigenvalue weighted by atomic mass is 35.5. The summed E-state index contributed by atoms with van der Waals surface area (Å²) in [4.78, 5) is 13.9. The molecule has 1 amide bonds. The van der Waals surface area contributed by atoms with Crippen LogP contribution in [0.25, 0.3) is 0 Å². The van der Waals surface area contributed by atoms with Gasteiger partial charge in [-0.3, -0.25) is 9.69 Å². The number of carbonyl (C=O) groups excluding carboxylic acids is 1. The fraction of sp³-hybridized carbons (Fsp3) is 0.500. The number of hydrogen-bond acceptors (Lipinski definition) is 3. The van der Waals surface area contributed by atoms with Crippen LogP contribution >= 0.6 is 12.4 Å². The third kappa shape index (κ3) is 5.15. The lowest BCUT2D eigenvalue weighted by atomic mass is 10.2. The zero-order valence-corrected chi connectivity index (χ0v) is 12.9. The second kappa shape index (κ2) is 7.80. The summed E-state index contributed by atoms with van der Waals surface area (Å²) in [7, 11) is 0. The van der Waals surface area contributed by atoms with E-state index in [-0.39, 0.29) is 36.6 Å². The Kier molecular flexibility index (Phi) is 6.65. The van der Waals surface area contributed by atoms with Gasteiger partial charge in [0.15, 0.2) is 0 Å². The highest BCUT2D eigenvalue weighted by Gasteiger charge is 2.30. The van der Waals surface area contributed by atoms with Gasteiger partial charge in [0.2, 0.25) is 5.91 Å². The van der Waals surface area contributed by atoms with Crippen molar-refractivity contribution in [3.63, 3.8) is 0 Å². The summed E-state index contributed by atoms with van der Waals surface area (Å²) >= 11 is 0. The molecule has 0 radical (unpaired) electrons. The van der Waals surface area contributed by atoms with Crippen molar-refractivity contribution in [2.75, 3.05) is 31.5 Å². The van der Waals surface area contributed by atoms with Gasteiger partial charge in [-0.2, -0.15) is 13.2 Å². The molecule has 22 heavy (non-hydrogen) atoms. The summed E-state index contributed by atoms with van der Waals surface area (Å²) in [5.74, 6) is -0.303. The van der Waals surface area contributed by atoms with Crippen molar-refractivity contribution in [2.24, 2.45) is 0 Å². The maximum absolute atomic E-state index is 12.6. The molecule has 1 saturated heterocycles. The van der Waals surface area contributed by atoms with Crippen LogP contribution in [0.1, 0.15) is 12.5 Å². The van der Waals surface area contributed by atoms with Crippen molar-refractivity contribution in [2.45, 2.75) is 19.1 Å². The van der Waals surface area contributed by atoms with Crippen LogP contribution < -0.4 is 10.6 Å². The fourth-order valence-electron chi connectivity index (χ4n) is 2.28. The van der Waals surface area contributed by atoms with Gasteiger partial charge in [0.25, 0.3) is 0 Å². The van der Waals surface area contributed by atoms with Crippen molar-refractivity contribution in [3.8, 4) is 0 Å². The third-order valence-corrected chi connectivity index (χ3v) is 3.46. The van der Waals surface area contributed by atoms with Crippen LogP contribution in [0, 0.1) is 0 Å². The summed E-state index contributed by atoms with van der Waals surface area (Å²) in [5, 5.41) is 5.73. The van der Waals surface area contributed by atoms with E-state index in [0.717, 1.165) is 31.8 Å². The van der Waals surface area contributed by atoms with Crippen LogP contribution in [0.3, 0.4) is 0 Å².